The number of carbonyl (C=O) groups excluding carboxylic acids is 1. The van der Waals surface area contributed by atoms with Crippen LogP contribution in [0.3, 0.4) is 0 Å². The second-order valence-electron chi connectivity index (χ2n) is 8.81. The average Bonchev–Trinajstić information content (AvgIpc) is 2.57. The maximum atomic E-state index is 10.2. The summed E-state index contributed by atoms with van der Waals surface area (Å²) in [6.45, 7) is 3.38. The van der Waals surface area contributed by atoms with E-state index in [1.165, 1.54) is 83.5 Å². The van der Waals surface area contributed by atoms with E-state index in [1.54, 1.807) is 0 Å². The van der Waals surface area contributed by atoms with Gasteiger partial charge >= 0.3 is 0 Å². The van der Waals surface area contributed by atoms with E-state index in [9.17, 15) is 9.90 Å². The first kappa shape index (κ1) is 28.6. The van der Waals surface area contributed by atoms with Crippen molar-refractivity contribution in [3.8, 4) is 0 Å². The molecule has 0 heterocycles. The Labute approximate surface area is 169 Å². The minimum atomic E-state index is -0.903. The van der Waals surface area contributed by atoms with Crippen LogP contribution in [0.15, 0.2) is 0 Å². The van der Waals surface area contributed by atoms with Gasteiger partial charge in [-0.2, -0.15) is 0 Å². The third-order valence-electron chi connectivity index (χ3n) is 4.76. The summed E-state index contributed by atoms with van der Waals surface area (Å²) in [5, 5.41) is 18.6. The van der Waals surface area contributed by atoms with Gasteiger partial charge in [-0.15, -0.1) is 0 Å². The molecule has 0 aromatic heterocycles. The fourth-order valence-corrected chi connectivity index (χ4v) is 2.94. The van der Waals surface area contributed by atoms with Gasteiger partial charge in [-0.3, -0.25) is 0 Å². The van der Waals surface area contributed by atoms with Crippen LogP contribution in [0.2, 0.25) is 0 Å². The molecule has 0 fully saturated rings. The summed E-state index contributed by atoms with van der Waals surface area (Å²) in [4.78, 5) is 10.2. The number of quaternary nitrogens is 1. The number of rotatable bonds is 18. The number of hydrogen-bond acceptors (Lipinski definition) is 3. The maximum Gasteiger partial charge on any atom is 0.101 e. The lowest BCUT2D eigenvalue weighted by molar-refractivity contribution is -0.870. The molecule has 0 aromatic rings. The fourth-order valence-electron chi connectivity index (χ4n) is 2.94. The molecule has 0 aromatic carbocycles. The molecule has 4 nitrogen and oxygen atoms in total. The molecule has 0 aliphatic heterocycles. The molecule has 0 rings (SSSR count). The second kappa shape index (κ2) is 21.7. The Balaban J connectivity index is 0. The number of likely N-dealkylation sites (N-methyl/N-ethyl adjacent to an activating group) is 1. The quantitative estimate of drug-likeness (QED) is 0.274. The highest BCUT2D eigenvalue weighted by Crippen LogP contribution is 2.13. The molecule has 0 spiro atoms. The first-order valence-corrected chi connectivity index (χ1v) is 11.4. The van der Waals surface area contributed by atoms with Gasteiger partial charge < -0.3 is 19.5 Å². The summed E-state index contributed by atoms with van der Waals surface area (Å²) in [5.74, 6) is -0.903. The van der Waals surface area contributed by atoms with Gasteiger partial charge in [-0.25, -0.2) is 0 Å². The number of carboxylic acids is 1. The van der Waals surface area contributed by atoms with Crippen LogP contribution in [0.25, 0.3) is 0 Å². The van der Waals surface area contributed by atoms with E-state index < -0.39 is 5.97 Å². The molecule has 0 atom stereocenters. The number of carbonyl (C=O) groups is 1. The van der Waals surface area contributed by atoms with Crippen molar-refractivity contribution in [2.75, 3.05) is 34.3 Å². The van der Waals surface area contributed by atoms with Gasteiger partial charge in [0.05, 0.1) is 27.7 Å². The molecule has 0 saturated carbocycles. The molecule has 0 radical (unpaired) electrons. The summed E-state index contributed by atoms with van der Waals surface area (Å²) < 4.78 is 0.844. The summed E-state index contributed by atoms with van der Waals surface area (Å²) in [6, 6.07) is 0. The fraction of sp³-hybridized carbons (Fsp3) is 0.957. The van der Waals surface area contributed by atoms with Crippen molar-refractivity contribution in [1.82, 2.24) is 0 Å². The number of hydrogen-bond donors (Lipinski definition) is 1. The molecule has 164 valence electrons. The number of unbranched alkanes of at least 4 members (excludes halogenated alkanes) is 14. The van der Waals surface area contributed by atoms with Gasteiger partial charge in [-0.05, 0) is 12.8 Å². The lowest BCUT2D eigenvalue weighted by Crippen LogP contribution is -2.36. The van der Waals surface area contributed by atoms with Gasteiger partial charge in [0.25, 0.3) is 0 Å². The van der Waals surface area contributed by atoms with Gasteiger partial charge in [-0.1, -0.05) is 96.8 Å². The van der Waals surface area contributed by atoms with Gasteiger partial charge in [0, 0.05) is 5.97 Å². The highest BCUT2D eigenvalue weighted by Gasteiger charge is 2.02. The van der Waals surface area contributed by atoms with E-state index in [4.69, 9.17) is 5.11 Å². The third-order valence-corrected chi connectivity index (χ3v) is 4.76. The number of carboxylic acid groups (broad SMARTS) is 1. The molecule has 0 unspecified atom stereocenters. The Morgan fingerprint density at radius 3 is 1.26 bits per heavy atom. The summed E-state index contributed by atoms with van der Waals surface area (Å²) in [7, 11) is 6.16. The first-order valence-electron chi connectivity index (χ1n) is 11.4. The van der Waals surface area contributed by atoms with Crippen LogP contribution in [-0.2, 0) is 4.79 Å². The zero-order chi connectivity index (χ0) is 20.8. The van der Waals surface area contributed by atoms with Crippen molar-refractivity contribution in [2.24, 2.45) is 0 Å². The van der Waals surface area contributed by atoms with Crippen LogP contribution in [0.5, 0.6) is 0 Å². The summed E-state index contributed by atoms with van der Waals surface area (Å²) in [5.41, 5.74) is 0. The Morgan fingerprint density at radius 2 is 1.04 bits per heavy atom. The van der Waals surface area contributed by atoms with E-state index in [1.807, 2.05) is 0 Å². The molecule has 0 aliphatic carbocycles. The van der Waals surface area contributed by atoms with Crippen molar-refractivity contribution in [3.63, 3.8) is 0 Å². The predicted molar refractivity (Wildman–Crippen MR) is 115 cm³/mol. The lowest BCUT2D eigenvalue weighted by atomic mass is 10.0. The second-order valence-corrected chi connectivity index (χ2v) is 8.81. The first-order chi connectivity index (χ1) is 12.8. The molecule has 0 aliphatic rings. The van der Waals surface area contributed by atoms with Crippen LogP contribution in [-0.4, -0.2) is 49.9 Å². The molecule has 4 heteroatoms. The van der Waals surface area contributed by atoms with E-state index >= 15 is 0 Å². The lowest BCUT2D eigenvalue weighted by Gasteiger charge is -2.21. The van der Waals surface area contributed by atoms with Crippen LogP contribution in [0.1, 0.15) is 110 Å². The van der Waals surface area contributed by atoms with Gasteiger partial charge in [0.2, 0.25) is 0 Å². The molecule has 1 N–H and O–H groups in total. The highest BCUT2D eigenvalue weighted by molar-refractivity contribution is 5.63. The standard InChI is InChI=1S/C18H36O2.C5H14NO/c1-2-3-4-5-6-7-8-9-10-11-12-13-14-15-16-17-18(19)20;1-6(2,3)4-5-7/h2-17H2,1H3,(H,19,20);7H,4-5H2,1-3H3/q;+1/p-1. The Hall–Kier alpha value is -0.610. The monoisotopic (exact) mass is 387 g/mol. The molecule has 0 saturated heterocycles. The SMILES string of the molecule is CCCCCCCCCCCCCCCCCC(=O)[O-].C[N+](C)(C)CCO. The third kappa shape index (κ3) is 33.4. The molecular formula is C23H49NO3. The van der Waals surface area contributed by atoms with E-state index in [0.717, 1.165) is 23.9 Å². The molecular weight excluding hydrogens is 338 g/mol. The minimum Gasteiger partial charge on any atom is -0.550 e. The van der Waals surface area contributed by atoms with Crippen LogP contribution >= 0.6 is 0 Å². The average molecular weight is 388 g/mol. The van der Waals surface area contributed by atoms with E-state index in [0.29, 0.717) is 0 Å². The normalized spacial score (nSPS) is 11.1. The maximum absolute atomic E-state index is 10.2. The molecule has 0 amide bonds. The summed E-state index contributed by atoms with van der Waals surface area (Å²) >= 11 is 0. The number of aliphatic carboxylic acids is 1. The predicted octanol–water partition coefficient (Wildman–Crippen LogP) is 4.68. The van der Waals surface area contributed by atoms with Crippen molar-refractivity contribution in [3.05, 3.63) is 0 Å². The smallest absolute Gasteiger partial charge is 0.101 e. The zero-order valence-electron chi connectivity index (χ0n) is 18.9. The number of aliphatic hydroxyl groups is 1. The zero-order valence-corrected chi connectivity index (χ0v) is 18.9. The van der Waals surface area contributed by atoms with Crippen LogP contribution < -0.4 is 5.11 Å². The number of nitrogens with zero attached hydrogens (tertiary/aromatic N) is 1. The molecule has 0 bridgehead atoms. The van der Waals surface area contributed by atoms with Crippen molar-refractivity contribution < 1.29 is 19.5 Å². The Kier molecular flexibility index (Phi) is 23.0. The Morgan fingerprint density at radius 1 is 0.704 bits per heavy atom. The Bertz CT molecular complexity index is 300. The van der Waals surface area contributed by atoms with E-state index in [-0.39, 0.29) is 13.0 Å². The van der Waals surface area contributed by atoms with Crippen molar-refractivity contribution in [1.29, 1.82) is 0 Å². The molecule has 27 heavy (non-hydrogen) atoms. The highest BCUT2D eigenvalue weighted by atomic mass is 16.4. The summed E-state index contributed by atoms with van der Waals surface area (Å²) in [6.07, 6.45) is 19.9. The number of aliphatic hydroxyl groups excluding tert-OH is 1. The van der Waals surface area contributed by atoms with Crippen molar-refractivity contribution in [2.45, 2.75) is 110 Å². The van der Waals surface area contributed by atoms with E-state index in [2.05, 4.69) is 28.1 Å². The van der Waals surface area contributed by atoms with Gasteiger partial charge in [0.15, 0.2) is 0 Å². The van der Waals surface area contributed by atoms with Gasteiger partial charge in [0.1, 0.15) is 6.54 Å². The topological polar surface area (TPSA) is 60.4 Å². The minimum absolute atomic E-state index is 0.234. The van der Waals surface area contributed by atoms with Crippen molar-refractivity contribution >= 4 is 5.97 Å². The van der Waals surface area contributed by atoms with Crippen LogP contribution in [0, 0.1) is 0 Å². The van der Waals surface area contributed by atoms with Crippen LogP contribution in [0.4, 0.5) is 0 Å². The largest absolute Gasteiger partial charge is 0.550 e.